The number of aliphatic carboxylic acids is 1. The fraction of sp³-hybridized carbons (Fsp3) is 0.423. The Morgan fingerprint density at radius 3 is 2.34 bits per heavy atom. The number of fused-ring (bicyclic) bond motifs is 3. The number of carboxylic acids is 1. The van der Waals surface area contributed by atoms with Crippen molar-refractivity contribution >= 4 is 18.0 Å². The average molecular weight is 483 g/mol. The molecule has 3 N–H and O–H groups in total. The highest BCUT2D eigenvalue weighted by Crippen LogP contribution is 2.44. The van der Waals surface area contributed by atoms with E-state index in [2.05, 4.69) is 34.9 Å². The predicted molar refractivity (Wildman–Crippen MR) is 127 cm³/mol. The van der Waals surface area contributed by atoms with Crippen LogP contribution in [0.25, 0.3) is 11.1 Å². The summed E-state index contributed by atoms with van der Waals surface area (Å²) < 4.78 is 16.0. The van der Waals surface area contributed by atoms with Gasteiger partial charge in [0, 0.05) is 38.0 Å². The third-order valence-corrected chi connectivity index (χ3v) is 6.35. The van der Waals surface area contributed by atoms with E-state index in [1.807, 2.05) is 24.3 Å². The maximum atomic E-state index is 12.1. The highest BCUT2D eigenvalue weighted by molar-refractivity contribution is 5.79. The van der Waals surface area contributed by atoms with Crippen molar-refractivity contribution in [2.45, 2.75) is 24.9 Å². The van der Waals surface area contributed by atoms with Crippen molar-refractivity contribution in [1.82, 2.24) is 10.6 Å². The smallest absolute Gasteiger partial charge is 0.407 e. The molecule has 0 radical (unpaired) electrons. The van der Waals surface area contributed by atoms with Crippen LogP contribution < -0.4 is 10.6 Å². The van der Waals surface area contributed by atoms with E-state index in [1.54, 1.807) is 0 Å². The van der Waals surface area contributed by atoms with E-state index in [-0.39, 0.29) is 57.1 Å². The molecule has 9 nitrogen and oxygen atoms in total. The molecule has 2 amide bonds. The number of carbonyl (C=O) groups is 3. The van der Waals surface area contributed by atoms with Crippen LogP contribution in [0.4, 0.5) is 4.79 Å². The Morgan fingerprint density at radius 1 is 0.971 bits per heavy atom. The van der Waals surface area contributed by atoms with Gasteiger partial charge in [0.2, 0.25) is 5.91 Å². The van der Waals surface area contributed by atoms with Gasteiger partial charge in [-0.15, -0.1) is 0 Å². The molecule has 0 unspecified atom stereocenters. The van der Waals surface area contributed by atoms with Crippen LogP contribution in [0.15, 0.2) is 48.5 Å². The summed E-state index contributed by atoms with van der Waals surface area (Å²) in [4.78, 5) is 35.2. The topological polar surface area (TPSA) is 123 Å². The van der Waals surface area contributed by atoms with E-state index in [9.17, 15) is 14.4 Å². The summed E-state index contributed by atoms with van der Waals surface area (Å²) in [5.74, 6) is -1.44. The van der Waals surface area contributed by atoms with Gasteiger partial charge >= 0.3 is 12.1 Å². The monoisotopic (exact) mass is 482 g/mol. The number of carbonyl (C=O) groups excluding carboxylic acids is 2. The quantitative estimate of drug-likeness (QED) is 0.421. The maximum absolute atomic E-state index is 12.1. The largest absolute Gasteiger partial charge is 0.479 e. The molecule has 1 aliphatic heterocycles. The summed E-state index contributed by atoms with van der Waals surface area (Å²) >= 11 is 0. The lowest BCUT2D eigenvalue weighted by molar-refractivity contribution is -0.149. The lowest BCUT2D eigenvalue weighted by atomic mass is 9.98. The molecule has 0 spiro atoms. The Balaban J connectivity index is 1.09. The van der Waals surface area contributed by atoms with E-state index < -0.39 is 18.2 Å². The van der Waals surface area contributed by atoms with Gasteiger partial charge in [-0.2, -0.15) is 0 Å². The molecule has 1 saturated heterocycles. The van der Waals surface area contributed by atoms with Crippen LogP contribution in [0.3, 0.4) is 0 Å². The van der Waals surface area contributed by atoms with Crippen molar-refractivity contribution in [2.75, 3.05) is 39.5 Å². The second-order valence-corrected chi connectivity index (χ2v) is 8.60. The van der Waals surface area contributed by atoms with E-state index >= 15 is 0 Å². The molecule has 35 heavy (non-hydrogen) atoms. The number of hydrogen-bond donors (Lipinski definition) is 3. The molecule has 2 aromatic carbocycles. The Hall–Kier alpha value is -3.43. The van der Waals surface area contributed by atoms with Crippen LogP contribution in [0, 0.1) is 5.92 Å². The minimum atomic E-state index is -1.01. The van der Waals surface area contributed by atoms with E-state index in [0.29, 0.717) is 13.0 Å². The van der Waals surface area contributed by atoms with Crippen molar-refractivity contribution in [1.29, 1.82) is 0 Å². The second kappa shape index (κ2) is 11.8. The molecule has 2 aliphatic rings. The van der Waals surface area contributed by atoms with Crippen LogP contribution in [-0.4, -0.2) is 68.7 Å². The van der Waals surface area contributed by atoms with Gasteiger partial charge in [0.05, 0.1) is 13.2 Å². The highest BCUT2D eigenvalue weighted by atomic mass is 16.5. The van der Waals surface area contributed by atoms with E-state index in [0.717, 1.165) is 11.1 Å². The van der Waals surface area contributed by atoms with Gasteiger partial charge in [-0.25, -0.2) is 9.59 Å². The Bertz CT molecular complexity index is 1010. The van der Waals surface area contributed by atoms with E-state index in [1.165, 1.54) is 11.1 Å². The molecular formula is C26H30N2O7. The van der Waals surface area contributed by atoms with Gasteiger partial charge in [-0.05, 0) is 28.7 Å². The number of rotatable bonds is 11. The summed E-state index contributed by atoms with van der Waals surface area (Å²) in [5, 5.41) is 14.5. The third kappa shape index (κ3) is 6.17. The van der Waals surface area contributed by atoms with Gasteiger partial charge < -0.3 is 30.0 Å². The summed E-state index contributed by atoms with van der Waals surface area (Å²) in [6.45, 7) is 1.60. The molecule has 1 heterocycles. The minimum Gasteiger partial charge on any atom is -0.479 e. The molecule has 9 heteroatoms. The first-order valence-electron chi connectivity index (χ1n) is 11.8. The fourth-order valence-electron chi connectivity index (χ4n) is 4.59. The third-order valence-electron chi connectivity index (χ3n) is 6.35. The van der Waals surface area contributed by atoms with Crippen molar-refractivity contribution in [3.05, 3.63) is 59.7 Å². The molecule has 2 atom stereocenters. The summed E-state index contributed by atoms with van der Waals surface area (Å²) in [5.41, 5.74) is 4.66. The normalized spacial score (nSPS) is 18.5. The molecule has 1 aliphatic carbocycles. The first-order valence-corrected chi connectivity index (χ1v) is 11.8. The maximum Gasteiger partial charge on any atom is 0.407 e. The Morgan fingerprint density at radius 2 is 1.66 bits per heavy atom. The van der Waals surface area contributed by atoms with Crippen LogP contribution in [0.2, 0.25) is 0 Å². The van der Waals surface area contributed by atoms with E-state index in [4.69, 9.17) is 19.3 Å². The molecule has 4 rings (SSSR count). The number of benzene rings is 2. The van der Waals surface area contributed by atoms with Gasteiger partial charge in [0.25, 0.3) is 0 Å². The predicted octanol–water partition coefficient (Wildman–Crippen LogP) is 2.54. The number of carboxylic acid groups (broad SMARTS) is 1. The van der Waals surface area contributed by atoms with Crippen LogP contribution in [0.5, 0.6) is 0 Å². The number of hydrogen-bond acceptors (Lipinski definition) is 6. The second-order valence-electron chi connectivity index (χ2n) is 8.60. The van der Waals surface area contributed by atoms with Gasteiger partial charge in [-0.3, -0.25) is 4.79 Å². The number of alkyl carbamates (subject to hydrolysis) is 1. The van der Waals surface area contributed by atoms with Crippen molar-refractivity contribution in [3.63, 3.8) is 0 Å². The van der Waals surface area contributed by atoms with Crippen molar-refractivity contribution < 1.29 is 33.7 Å². The van der Waals surface area contributed by atoms with Crippen LogP contribution in [0.1, 0.15) is 29.9 Å². The van der Waals surface area contributed by atoms with Crippen LogP contribution >= 0.6 is 0 Å². The number of amides is 2. The minimum absolute atomic E-state index is 0.00415. The fourth-order valence-corrected chi connectivity index (χ4v) is 4.59. The summed E-state index contributed by atoms with van der Waals surface area (Å²) in [6.07, 6.45) is -0.624. The van der Waals surface area contributed by atoms with Gasteiger partial charge in [0.15, 0.2) is 6.10 Å². The average Bonchev–Trinajstić information content (AvgIpc) is 3.46. The standard InChI is InChI=1S/C26H30N2O7/c29-23(28-15-17-9-13-34-24(17)25(30)31)10-12-33-14-11-27-26(32)35-16-22-20-7-3-1-5-18(20)19-6-2-4-8-21(19)22/h1-8,17,22,24H,9-16H2,(H,27,32)(H,28,29)(H,30,31)/t17-,24-/m1/s1. The highest BCUT2D eigenvalue weighted by Gasteiger charge is 2.34. The van der Waals surface area contributed by atoms with Crippen molar-refractivity contribution in [2.24, 2.45) is 5.92 Å². The zero-order valence-corrected chi connectivity index (χ0v) is 19.4. The Labute approximate surface area is 203 Å². The first-order chi connectivity index (χ1) is 17.0. The molecule has 1 fully saturated rings. The molecule has 0 bridgehead atoms. The SMILES string of the molecule is O=C(CCOCCNC(=O)OCC1c2ccccc2-c2ccccc21)NC[C@H]1CCO[C@H]1C(=O)O. The molecule has 2 aromatic rings. The lowest BCUT2D eigenvalue weighted by Crippen LogP contribution is -2.36. The molecule has 0 aromatic heterocycles. The number of nitrogens with one attached hydrogen (secondary N) is 2. The number of ether oxygens (including phenoxy) is 3. The van der Waals surface area contributed by atoms with Gasteiger partial charge in [0.1, 0.15) is 6.61 Å². The zero-order valence-electron chi connectivity index (χ0n) is 19.4. The summed E-state index contributed by atoms with van der Waals surface area (Å²) in [6, 6.07) is 16.3. The van der Waals surface area contributed by atoms with Crippen molar-refractivity contribution in [3.8, 4) is 11.1 Å². The molecule has 0 saturated carbocycles. The summed E-state index contributed by atoms with van der Waals surface area (Å²) in [7, 11) is 0. The lowest BCUT2D eigenvalue weighted by Gasteiger charge is -2.15. The van der Waals surface area contributed by atoms with Crippen LogP contribution in [-0.2, 0) is 23.8 Å². The molecular weight excluding hydrogens is 452 g/mol. The Kier molecular flexibility index (Phi) is 8.33. The molecule has 186 valence electrons. The zero-order chi connectivity index (χ0) is 24.6. The first kappa shape index (κ1) is 24.7. The van der Waals surface area contributed by atoms with Gasteiger partial charge in [-0.1, -0.05) is 48.5 Å².